The fourth-order valence-corrected chi connectivity index (χ4v) is 2.87. The number of carbonyl (C=O) groups is 1. The Kier molecular flexibility index (Phi) is 9.76. The van der Waals surface area contributed by atoms with Gasteiger partial charge in [0.2, 0.25) is 0 Å². The van der Waals surface area contributed by atoms with Crippen LogP contribution in [0.2, 0.25) is 0 Å². The molecular weight excluding hydrogens is 295 g/mol. The molecule has 1 aliphatic carbocycles. The van der Waals surface area contributed by atoms with Gasteiger partial charge in [-0.1, -0.05) is 55.4 Å². The van der Waals surface area contributed by atoms with Crippen molar-refractivity contribution in [1.82, 2.24) is 0 Å². The minimum atomic E-state index is -1.16. The van der Waals surface area contributed by atoms with E-state index in [0.29, 0.717) is 5.57 Å². The van der Waals surface area contributed by atoms with E-state index in [9.17, 15) is 9.90 Å². The van der Waals surface area contributed by atoms with E-state index >= 15 is 0 Å². The molecule has 0 fully saturated rings. The van der Waals surface area contributed by atoms with Crippen molar-refractivity contribution < 1.29 is 39.5 Å². The third-order valence-corrected chi connectivity index (χ3v) is 4.12. The summed E-state index contributed by atoms with van der Waals surface area (Å²) in [5, 5.41) is 10.4. The molecule has 3 heteroatoms. The third-order valence-electron chi connectivity index (χ3n) is 4.12. The molecule has 0 amide bonds. The van der Waals surface area contributed by atoms with Crippen LogP contribution in [0.1, 0.15) is 53.9 Å². The second-order valence-electron chi connectivity index (χ2n) is 6.74. The van der Waals surface area contributed by atoms with Gasteiger partial charge in [0.15, 0.2) is 0 Å². The standard InChI is InChI=1S/C20H28O2.Na/c1-15(8-6-9-16(2)14-19(21)22)11-12-18-17(3)10-7-13-20(18,4)5;/h6,8-9,11-12,14H,7,10,13H2,1-5H3,(H,21,22);/q;+1/p-1/b9-6+,12-11+,15-8-,16-14-;. The largest absolute Gasteiger partial charge is 1.00 e. The van der Waals surface area contributed by atoms with Crippen LogP contribution in [0.4, 0.5) is 0 Å². The first-order valence-electron chi connectivity index (χ1n) is 7.85. The Balaban J connectivity index is 0.00000484. The molecule has 0 spiro atoms. The molecule has 1 aliphatic rings. The summed E-state index contributed by atoms with van der Waals surface area (Å²) in [6, 6.07) is 0. The van der Waals surface area contributed by atoms with E-state index in [1.54, 1.807) is 13.0 Å². The van der Waals surface area contributed by atoms with E-state index < -0.39 is 5.97 Å². The Morgan fingerprint density at radius 3 is 2.39 bits per heavy atom. The molecule has 0 atom stereocenters. The Bertz CT molecular complexity index is 572. The number of aliphatic carboxylic acids is 1. The van der Waals surface area contributed by atoms with E-state index in [1.807, 2.05) is 19.1 Å². The van der Waals surface area contributed by atoms with Gasteiger partial charge in [-0.3, -0.25) is 0 Å². The van der Waals surface area contributed by atoms with E-state index in [2.05, 4.69) is 32.9 Å². The molecule has 0 bridgehead atoms. The number of carboxylic acid groups (broad SMARTS) is 1. The van der Waals surface area contributed by atoms with E-state index in [0.717, 1.165) is 11.6 Å². The van der Waals surface area contributed by atoms with Crippen LogP contribution in [-0.2, 0) is 4.79 Å². The maximum atomic E-state index is 10.4. The van der Waals surface area contributed by atoms with Crippen LogP contribution in [0.3, 0.4) is 0 Å². The average molecular weight is 322 g/mol. The normalized spacial score (nSPS) is 19.3. The van der Waals surface area contributed by atoms with Crippen LogP contribution in [0.15, 0.2) is 58.7 Å². The molecule has 0 aromatic carbocycles. The third kappa shape index (κ3) is 8.01. The zero-order chi connectivity index (χ0) is 16.8. The molecule has 1 rings (SSSR count). The van der Waals surface area contributed by atoms with Gasteiger partial charge < -0.3 is 9.90 Å². The summed E-state index contributed by atoms with van der Waals surface area (Å²) in [6.07, 6.45) is 14.8. The Morgan fingerprint density at radius 2 is 1.83 bits per heavy atom. The van der Waals surface area contributed by atoms with Gasteiger partial charge in [-0.05, 0) is 62.7 Å². The molecule has 2 nitrogen and oxygen atoms in total. The fraction of sp³-hybridized carbons (Fsp3) is 0.450. The van der Waals surface area contributed by atoms with Crippen molar-refractivity contribution >= 4 is 5.97 Å². The topological polar surface area (TPSA) is 40.1 Å². The summed E-state index contributed by atoms with van der Waals surface area (Å²) in [5.41, 5.74) is 4.99. The van der Waals surface area contributed by atoms with Gasteiger partial charge in [-0.15, -0.1) is 0 Å². The van der Waals surface area contributed by atoms with Crippen molar-refractivity contribution in [2.75, 3.05) is 0 Å². The summed E-state index contributed by atoms with van der Waals surface area (Å²) in [5.74, 6) is -1.16. The zero-order valence-electron chi connectivity index (χ0n) is 15.4. The molecular formula is C20H27NaO2. The van der Waals surface area contributed by atoms with Crippen LogP contribution >= 0.6 is 0 Å². The van der Waals surface area contributed by atoms with Crippen molar-refractivity contribution in [2.24, 2.45) is 5.41 Å². The molecule has 23 heavy (non-hydrogen) atoms. The average Bonchev–Trinajstić information content (AvgIpc) is 2.36. The summed E-state index contributed by atoms with van der Waals surface area (Å²) in [7, 11) is 0. The van der Waals surface area contributed by atoms with Gasteiger partial charge >= 0.3 is 29.6 Å². The Morgan fingerprint density at radius 1 is 1.17 bits per heavy atom. The first-order chi connectivity index (χ1) is 10.2. The zero-order valence-corrected chi connectivity index (χ0v) is 17.4. The SMILES string of the molecule is CC1=C(/C=C/C(C)=C\C=C\C(C)=C/C(=O)[O-])C(C)(C)CCC1.[Na+]. The molecule has 0 aromatic heterocycles. The number of hydrogen-bond acceptors (Lipinski definition) is 2. The molecule has 0 heterocycles. The first kappa shape index (κ1) is 22.2. The van der Waals surface area contributed by atoms with Crippen LogP contribution in [0, 0.1) is 5.41 Å². The summed E-state index contributed by atoms with van der Waals surface area (Å²) in [6.45, 7) is 10.6. The number of carbonyl (C=O) groups excluding carboxylic acids is 1. The van der Waals surface area contributed by atoms with Crippen LogP contribution in [-0.4, -0.2) is 5.97 Å². The molecule has 0 radical (unpaired) electrons. The Labute approximate surface area is 163 Å². The molecule has 0 saturated heterocycles. The Hall–Kier alpha value is -0.830. The number of allylic oxidation sites excluding steroid dienone is 9. The smallest absolute Gasteiger partial charge is 0.545 e. The second-order valence-corrected chi connectivity index (χ2v) is 6.74. The predicted octanol–water partition coefficient (Wildman–Crippen LogP) is 1.27. The van der Waals surface area contributed by atoms with Crippen molar-refractivity contribution in [3.8, 4) is 0 Å². The van der Waals surface area contributed by atoms with Crippen molar-refractivity contribution in [3.05, 3.63) is 58.7 Å². The molecule has 0 aromatic rings. The van der Waals surface area contributed by atoms with Crippen molar-refractivity contribution in [3.63, 3.8) is 0 Å². The number of hydrogen-bond donors (Lipinski definition) is 0. The van der Waals surface area contributed by atoms with Gasteiger partial charge in [0.25, 0.3) is 0 Å². The van der Waals surface area contributed by atoms with Gasteiger partial charge in [0, 0.05) is 0 Å². The summed E-state index contributed by atoms with van der Waals surface area (Å²) < 4.78 is 0. The van der Waals surface area contributed by atoms with Crippen molar-refractivity contribution in [2.45, 2.75) is 53.9 Å². The number of carboxylic acids is 1. The minimum Gasteiger partial charge on any atom is -0.545 e. The molecule has 0 unspecified atom stereocenters. The van der Waals surface area contributed by atoms with Gasteiger partial charge in [0.1, 0.15) is 0 Å². The van der Waals surface area contributed by atoms with Crippen LogP contribution < -0.4 is 34.7 Å². The van der Waals surface area contributed by atoms with Crippen LogP contribution in [0.25, 0.3) is 0 Å². The molecule has 0 N–H and O–H groups in total. The minimum absolute atomic E-state index is 0. The summed E-state index contributed by atoms with van der Waals surface area (Å²) >= 11 is 0. The number of rotatable bonds is 5. The van der Waals surface area contributed by atoms with Gasteiger partial charge in [-0.25, -0.2) is 0 Å². The second kappa shape index (κ2) is 10.1. The predicted molar refractivity (Wildman–Crippen MR) is 91.1 cm³/mol. The first-order valence-corrected chi connectivity index (χ1v) is 7.85. The maximum Gasteiger partial charge on any atom is 1.00 e. The summed E-state index contributed by atoms with van der Waals surface area (Å²) in [4.78, 5) is 10.4. The van der Waals surface area contributed by atoms with Gasteiger partial charge in [-0.2, -0.15) is 0 Å². The van der Waals surface area contributed by atoms with E-state index in [-0.39, 0.29) is 35.0 Å². The fourth-order valence-electron chi connectivity index (χ4n) is 2.87. The van der Waals surface area contributed by atoms with Crippen LogP contribution in [0.5, 0.6) is 0 Å². The van der Waals surface area contributed by atoms with Gasteiger partial charge in [0.05, 0.1) is 5.97 Å². The molecule has 120 valence electrons. The van der Waals surface area contributed by atoms with E-state index in [4.69, 9.17) is 0 Å². The maximum absolute atomic E-state index is 10.4. The van der Waals surface area contributed by atoms with Crippen molar-refractivity contribution in [1.29, 1.82) is 0 Å². The quantitative estimate of drug-likeness (QED) is 0.434. The molecule has 0 aliphatic heterocycles. The molecule has 0 saturated carbocycles. The van der Waals surface area contributed by atoms with E-state index in [1.165, 1.54) is 30.4 Å². The monoisotopic (exact) mass is 322 g/mol.